The minimum Gasteiger partial charge on any atom is -0.497 e. The number of methoxy groups -OCH3 is 1. The Labute approximate surface area is 177 Å². The van der Waals surface area contributed by atoms with E-state index in [-0.39, 0.29) is 23.8 Å². The van der Waals surface area contributed by atoms with Crippen LogP contribution in [0.15, 0.2) is 83.8 Å². The van der Waals surface area contributed by atoms with Gasteiger partial charge in [0.2, 0.25) is 15.9 Å². The number of hydrogen-bond donors (Lipinski definition) is 1. The number of nitrogens with one attached hydrogen (secondary N) is 1. The van der Waals surface area contributed by atoms with Gasteiger partial charge in [0, 0.05) is 19.3 Å². The summed E-state index contributed by atoms with van der Waals surface area (Å²) < 4.78 is 32.1. The zero-order valence-electron chi connectivity index (χ0n) is 16.9. The summed E-state index contributed by atoms with van der Waals surface area (Å²) in [6.07, 6.45) is 0.192. The van der Waals surface area contributed by atoms with Gasteiger partial charge >= 0.3 is 0 Å². The number of ether oxygens (including phenoxy) is 1. The maximum absolute atomic E-state index is 12.8. The summed E-state index contributed by atoms with van der Waals surface area (Å²) in [5.41, 5.74) is 2.27. The number of benzene rings is 3. The Morgan fingerprint density at radius 2 is 1.60 bits per heavy atom. The number of anilines is 1. The molecule has 0 aromatic heterocycles. The average Bonchev–Trinajstić information content (AvgIpc) is 2.75. The summed E-state index contributed by atoms with van der Waals surface area (Å²) in [6.45, 7) is 0.280. The molecule has 30 heavy (non-hydrogen) atoms. The predicted octanol–water partition coefficient (Wildman–Crippen LogP) is 3.70. The first-order chi connectivity index (χ1) is 14.4. The van der Waals surface area contributed by atoms with Crippen molar-refractivity contribution in [3.05, 3.63) is 90.0 Å². The predicted molar refractivity (Wildman–Crippen MR) is 117 cm³/mol. The van der Waals surface area contributed by atoms with Crippen LogP contribution in [0.5, 0.6) is 5.75 Å². The topological polar surface area (TPSA) is 75.7 Å². The van der Waals surface area contributed by atoms with Gasteiger partial charge in [-0.15, -0.1) is 0 Å². The highest BCUT2D eigenvalue weighted by Crippen LogP contribution is 2.20. The Morgan fingerprint density at radius 1 is 0.933 bits per heavy atom. The van der Waals surface area contributed by atoms with E-state index in [1.54, 1.807) is 32.4 Å². The standard InChI is InChI=1S/C23H24N2O4S/c1-25(17-18-7-4-3-5-8-18)30(27,28)22-13-11-20(12-14-22)24-23(26)16-19-9-6-10-21(15-19)29-2/h3-15H,16-17H2,1-2H3,(H,24,26). The number of rotatable bonds is 8. The summed E-state index contributed by atoms with van der Waals surface area (Å²) in [7, 11) is -0.509. The van der Waals surface area contributed by atoms with Gasteiger partial charge in [-0.1, -0.05) is 42.5 Å². The van der Waals surface area contributed by atoms with E-state index in [2.05, 4.69) is 5.32 Å². The van der Waals surface area contributed by atoms with Gasteiger partial charge in [0.15, 0.2) is 0 Å². The lowest BCUT2D eigenvalue weighted by Gasteiger charge is -2.17. The molecule has 1 amide bonds. The van der Waals surface area contributed by atoms with Crippen LogP contribution in [-0.2, 0) is 27.8 Å². The summed E-state index contributed by atoms with van der Waals surface area (Å²) in [5.74, 6) is 0.495. The molecule has 0 saturated heterocycles. The van der Waals surface area contributed by atoms with Crippen LogP contribution in [0.2, 0.25) is 0 Å². The van der Waals surface area contributed by atoms with Crippen LogP contribution in [0.25, 0.3) is 0 Å². The first-order valence-electron chi connectivity index (χ1n) is 9.41. The van der Waals surface area contributed by atoms with E-state index in [0.29, 0.717) is 11.4 Å². The van der Waals surface area contributed by atoms with Crippen LogP contribution in [0.1, 0.15) is 11.1 Å². The second-order valence-corrected chi connectivity index (χ2v) is 8.89. The molecule has 0 aliphatic carbocycles. The maximum Gasteiger partial charge on any atom is 0.243 e. The average molecular weight is 425 g/mol. The van der Waals surface area contributed by atoms with Crippen molar-refractivity contribution in [3.63, 3.8) is 0 Å². The van der Waals surface area contributed by atoms with Gasteiger partial charge in [0.05, 0.1) is 18.4 Å². The van der Waals surface area contributed by atoms with E-state index >= 15 is 0 Å². The maximum atomic E-state index is 12.8. The van der Waals surface area contributed by atoms with Gasteiger partial charge < -0.3 is 10.1 Å². The van der Waals surface area contributed by atoms with Crippen LogP contribution in [0.3, 0.4) is 0 Å². The van der Waals surface area contributed by atoms with E-state index in [1.165, 1.54) is 16.4 Å². The molecule has 156 valence electrons. The van der Waals surface area contributed by atoms with Crippen molar-refractivity contribution in [2.75, 3.05) is 19.5 Å². The first-order valence-corrected chi connectivity index (χ1v) is 10.9. The summed E-state index contributed by atoms with van der Waals surface area (Å²) in [5, 5.41) is 2.79. The minimum atomic E-state index is -3.63. The molecular formula is C23H24N2O4S. The van der Waals surface area contributed by atoms with Crippen molar-refractivity contribution in [2.45, 2.75) is 17.9 Å². The molecule has 0 unspecified atom stereocenters. The fourth-order valence-corrected chi connectivity index (χ4v) is 4.15. The fraction of sp³-hybridized carbons (Fsp3) is 0.174. The van der Waals surface area contributed by atoms with Crippen molar-refractivity contribution in [2.24, 2.45) is 0 Å². The molecule has 0 radical (unpaired) electrons. The molecule has 3 aromatic rings. The summed E-state index contributed by atoms with van der Waals surface area (Å²) in [6, 6.07) is 22.9. The molecule has 0 aliphatic rings. The number of amides is 1. The zero-order chi connectivity index (χ0) is 21.6. The van der Waals surface area contributed by atoms with Crippen LogP contribution in [0, 0.1) is 0 Å². The molecule has 0 bridgehead atoms. The molecule has 6 nitrogen and oxygen atoms in total. The third-order valence-corrected chi connectivity index (χ3v) is 6.41. The Morgan fingerprint density at radius 3 is 2.27 bits per heavy atom. The lowest BCUT2D eigenvalue weighted by Crippen LogP contribution is -2.26. The van der Waals surface area contributed by atoms with Crippen molar-refractivity contribution >= 4 is 21.6 Å². The molecule has 0 saturated carbocycles. The SMILES string of the molecule is COc1cccc(CC(=O)Nc2ccc(S(=O)(=O)N(C)Cc3ccccc3)cc2)c1. The van der Waals surface area contributed by atoms with Gasteiger partial charge in [0.1, 0.15) is 5.75 Å². The van der Waals surface area contributed by atoms with Gasteiger partial charge in [-0.3, -0.25) is 4.79 Å². The van der Waals surface area contributed by atoms with Crippen LogP contribution >= 0.6 is 0 Å². The van der Waals surface area contributed by atoms with E-state index in [0.717, 1.165) is 11.1 Å². The zero-order valence-corrected chi connectivity index (χ0v) is 17.7. The quantitative estimate of drug-likeness (QED) is 0.598. The Balaban J connectivity index is 1.64. The molecule has 0 fully saturated rings. The molecular weight excluding hydrogens is 400 g/mol. The van der Waals surface area contributed by atoms with Crippen molar-refractivity contribution in [1.82, 2.24) is 4.31 Å². The molecule has 0 heterocycles. The van der Waals surface area contributed by atoms with Gasteiger partial charge in [-0.2, -0.15) is 4.31 Å². The minimum absolute atomic E-state index is 0.173. The summed E-state index contributed by atoms with van der Waals surface area (Å²) >= 11 is 0. The van der Waals surface area contributed by atoms with Crippen molar-refractivity contribution in [1.29, 1.82) is 0 Å². The van der Waals surface area contributed by atoms with Crippen molar-refractivity contribution in [3.8, 4) is 5.75 Å². The number of nitrogens with zero attached hydrogens (tertiary/aromatic N) is 1. The summed E-state index contributed by atoms with van der Waals surface area (Å²) in [4.78, 5) is 12.5. The third kappa shape index (κ3) is 5.46. The molecule has 1 N–H and O–H groups in total. The Kier molecular flexibility index (Phi) is 6.87. The Bertz CT molecular complexity index is 1100. The van der Waals surface area contributed by atoms with E-state index < -0.39 is 10.0 Å². The van der Waals surface area contributed by atoms with Crippen molar-refractivity contribution < 1.29 is 17.9 Å². The molecule has 7 heteroatoms. The monoisotopic (exact) mass is 424 g/mol. The second kappa shape index (κ2) is 9.56. The van der Waals surface area contributed by atoms with Crippen LogP contribution in [-0.4, -0.2) is 32.8 Å². The first kappa shape index (κ1) is 21.5. The highest BCUT2D eigenvalue weighted by Gasteiger charge is 2.20. The Hall–Kier alpha value is -3.16. The highest BCUT2D eigenvalue weighted by molar-refractivity contribution is 7.89. The van der Waals surface area contributed by atoms with Crippen LogP contribution < -0.4 is 10.1 Å². The molecule has 3 rings (SSSR count). The van der Waals surface area contributed by atoms with Gasteiger partial charge in [0.25, 0.3) is 0 Å². The normalized spacial score (nSPS) is 11.3. The smallest absolute Gasteiger partial charge is 0.243 e. The largest absolute Gasteiger partial charge is 0.497 e. The number of hydrogen-bond acceptors (Lipinski definition) is 4. The third-order valence-electron chi connectivity index (χ3n) is 4.59. The van der Waals surface area contributed by atoms with Gasteiger partial charge in [-0.05, 0) is 47.5 Å². The molecule has 0 spiro atoms. The number of carbonyl (C=O) groups excluding carboxylic acids is 1. The van der Waals surface area contributed by atoms with E-state index in [9.17, 15) is 13.2 Å². The van der Waals surface area contributed by atoms with E-state index in [1.807, 2.05) is 48.5 Å². The van der Waals surface area contributed by atoms with E-state index in [4.69, 9.17) is 4.74 Å². The van der Waals surface area contributed by atoms with Gasteiger partial charge in [-0.25, -0.2) is 8.42 Å². The molecule has 0 atom stereocenters. The second-order valence-electron chi connectivity index (χ2n) is 6.85. The molecule has 3 aromatic carbocycles. The fourth-order valence-electron chi connectivity index (χ4n) is 2.99. The lowest BCUT2D eigenvalue weighted by molar-refractivity contribution is -0.115. The van der Waals surface area contributed by atoms with Crippen LogP contribution in [0.4, 0.5) is 5.69 Å². The molecule has 0 aliphatic heterocycles. The highest BCUT2D eigenvalue weighted by atomic mass is 32.2. The number of carbonyl (C=O) groups is 1. The number of sulfonamides is 1. The lowest BCUT2D eigenvalue weighted by atomic mass is 10.1.